The van der Waals surface area contributed by atoms with Crippen LogP contribution in [0.5, 0.6) is 0 Å². The summed E-state index contributed by atoms with van der Waals surface area (Å²) in [5.74, 6) is -1.68. The third kappa shape index (κ3) is 3.29. The average molecular weight is 278 g/mol. The van der Waals surface area contributed by atoms with Gasteiger partial charge in [0.15, 0.2) is 5.16 Å². The van der Waals surface area contributed by atoms with E-state index in [-0.39, 0.29) is 11.3 Å². The van der Waals surface area contributed by atoms with Gasteiger partial charge in [-0.15, -0.1) is 0 Å². The Morgan fingerprint density at radius 1 is 1.37 bits per heavy atom. The second-order valence-corrected chi connectivity index (χ2v) is 4.86. The van der Waals surface area contributed by atoms with Crippen LogP contribution in [0, 0.1) is 12.7 Å². The first-order chi connectivity index (χ1) is 9.08. The number of nitrogens with zero attached hydrogens (tertiary/aromatic N) is 2. The van der Waals surface area contributed by atoms with Crippen LogP contribution >= 0.6 is 11.8 Å². The minimum atomic E-state index is -1.27. The number of hydrogen-bond acceptors (Lipinski definition) is 4. The summed E-state index contributed by atoms with van der Waals surface area (Å²) in [6, 6.07) is 4.33. The Kier molecular flexibility index (Phi) is 4.11. The second-order valence-electron chi connectivity index (χ2n) is 3.92. The summed E-state index contributed by atoms with van der Waals surface area (Å²) in [6.07, 6.45) is 3.36. The molecular weight excluding hydrogens is 267 g/mol. The van der Waals surface area contributed by atoms with Gasteiger partial charge in [-0.2, -0.15) is 0 Å². The maximum atomic E-state index is 13.9. The monoisotopic (exact) mass is 278 g/mol. The van der Waals surface area contributed by atoms with E-state index in [0.29, 0.717) is 10.7 Å². The van der Waals surface area contributed by atoms with Crippen LogP contribution in [0.3, 0.4) is 0 Å². The number of benzene rings is 1. The molecule has 1 N–H and O–H groups in total. The van der Waals surface area contributed by atoms with Crippen LogP contribution in [0.25, 0.3) is 0 Å². The predicted molar refractivity (Wildman–Crippen MR) is 69.7 cm³/mol. The smallest absolute Gasteiger partial charge is 0.338 e. The number of thioether (sulfide) groups is 1. The van der Waals surface area contributed by atoms with Gasteiger partial charge in [0.25, 0.3) is 0 Å². The summed E-state index contributed by atoms with van der Waals surface area (Å²) in [4.78, 5) is 19.0. The molecule has 0 fully saturated rings. The number of hydrogen-bond donors (Lipinski definition) is 1. The van der Waals surface area contributed by atoms with Crippen molar-refractivity contribution in [2.45, 2.75) is 17.8 Å². The number of rotatable bonds is 4. The molecule has 0 spiro atoms. The van der Waals surface area contributed by atoms with Gasteiger partial charge >= 0.3 is 5.97 Å². The standard InChI is InChI=1S/C13H11FN2O2S/c1-8-5-15-13(16-6-8)19-7-9-3-2-4-10(11(9)14)12(17)18/h2-6H,7H2,1H3,(H,17,18). The summed E-state index contributed by atoms with van der Waals surface area (Å²) >= 11 is 1.26. The lowest BCUT2D eigenvalue weighted by atomic mass is 10.1. The summed E-state index contributed by atoms with van der Waals surface area (Å²) in [6.45, 7) is 1.88. The first-order valence-electron chi connectivity index (χ1n) is 5.50. The molecule has 2 rings (SSSR count). The number of carboxylic acid groups (broad SMARTS) is 1. The Morgan fingerprint density at radius 2 is 2.05 bits per heavy atom. The maximum Gasteiger partial charge on any atom is 0.338 e. The summed E-state index contributed by atoms with van der Waals surface area (Å²) in [7, 11) is 0. The van der Waals surface area contributed by atoms with Crippen LogP contribution in [0.2, 0.25) is 0 Å². The van der Waals surface area contributed by atoms with Crippen LogP contribution in [0.1, 0.15) is 21.5 Å². The van der Waals surface area contributed by atoms with E-state index < -0.39 is 11.8 Å². The van der Waals surface area contributed by atoms with Crippen LogP contribution < -0.4 is 0 Å². The minimum absolute atomic E-state index is 0.288. The molecule has 19 heavy (non-hydrogen) atoms. The molecule has 1 aromatic heterocycles. The molecule has 0 saturated heterocycles. The molecule has 2 aromatic rings. The number of aromatic nitrogens is 2. The molecule has 1 heterocycles. The SMILES string of the molecule is Cc1cnc(SCc2cccc(C(=O)O)c2F)nc1. The van der Waals surface area contributed by atoms with Gasteiger partial charge in [-0.05, 0) is 24.1 Å². The van der Waals surface area contributed by atoms with E-state index >= 15 is 0 Å². The minimum Gasteiger partial charge on any atom is -0.478 e. The van der Waals surface area contributed by atoms with Gasteiger partial charge < -0.3 is 5.11 Å². The van der Waals surface area contributed by atoms with Crippen molar-refractivity contribution in [3.63, 3.8) is 0 Å². The van der Waals surface area contributed by atoms with Gasteiger partial charge in [0, 0.05) is 18.1 Å². The third-order valence-electron chi connectivity index (χ3n) is 2.42. The largest absolute Gasteiger partial charge is 0.478 e. The lowest BCUT2D eigenvalue weighted by Gasteiger charge is -2.05. The second kappa shape index (κ2) is 5.79. The Bertz CT molecular complexity index is 602. The van der Waals surface area contributed by atoms with Crippen molar-refractivity contribution in [3.8, 4) is 0 Å². The van der Waals surface area contributed by atoms with Gasteiger partial charge in [0.2, 0.25) is 0 Å². The molecule has 0 saturated carbocycles. The Labute approximate surface area is 113 Å². The summed E-state index contributed by atoms with van der Waals surface area (Å²) < 4.78 is 13.9. The quantitative estimate of drug-likeness (QED) is 0.688. The first kappa shape index (κ1) is 13.5. The summed E-state index contributed by atoms with van der Waals surface area (Å²) in [5, 5.41) is 9.37. The predicted octanol–water partition coefficient (Wildman–Crippen LogP) is 2.91. The van der Waals surface area contributed by atoms with Crippen LogP contribution in [-0.2, 0) is 5.75 Å². The van der Waals surface area contributed by atoms with Crippen LogP contribution in [-0.4, -0.2) is 21.0 Å². The Hall–Kier alpha value is -1.95. The highest BCUT2D eigenvalue weighted by molar-refractivity contribution is 7.98. The molecule has 0 aliphatic heterocycles. The molecule has 4 nitrogen and oxygen atoms in total. The topological polar surface area (TPSA) is 63.1 Å². The van der Waals surface area contributed by atoms with Crippen molar-refractivity contribution in [1.29, 1.82) is 0 Å². The Balaban J connectivity index is 2.13. The lowest BCUT2D eigenvalue weighted by molar-refractivity contribution is 0.0691. The number of aromatic carboxylic acids is 1. The van der Waals surface area contributed by atoms with Crippen LogP contribution in [0.15, 0.2) is 35.7 Å². The van der Waals surface area contributed by atoms with Crippen molar-refractivity contribution in [3.05, 3.63) is 53.1 Å². The van der Waals surface area contributed by atoms with E-state index in [1.807, 2.05) is 6.92 Å². The highest BCUT2D eigenvalue weighted by Crippen LogP contribution is 2.22. The zero-order chi connectivity index (χ0) is 13.8. The molecule has 0 bridgehead atoms. The summed E-state index contributed by atoms with van der Waals surface area (Å²) in [5.41, 5.74) is 0.959. The molecule has 98 valence electrons. The first-order valence-corrected chi connectivity index (χ1v) is 6.48. The zero-order valence-corrected chi connectivity index (χ0v) is 10.9. The molecular formula is C13H11FN2O2S. The molecule has 0 radical (unpaired) electrons. The highest BCUT2D eigenvalue weighted by Gasteiger charge is 2.13. The highest BCUT2D eigenvalue weighted by atomic mass is 32.2. The number of aryl methyl sites for hydroxylation is 1. The number of carboxylic acids is 1. The Morgan fingerprint density at radius 3 is 2.68 bits per heavy atom. The molecule has 1 aromatic carbocycles. The third-order valence-corrected chi connectivity index (χ3v) is 3.35. The van der Waals surface area contributed by atoms with Gasteiger partial charge in [-0.1, -0.05) is 23.9 Å². The molecule has 0 unspecified atom stereocenters. The van der Waals surface area contributed by atoms with E-state index in [9.17, 15) is 9.18 Å². The van der Waals surface area contributed by atoms with Crippen molar-refractivity contribution in [2.24, 2.45) is 0 Å². The van der Waals surface area contributed by atoms with Gasteiger partial charge in [0.1, 0.15) is 5.82 Å². The maximum absolute atomic E-state index is 13.9. The lowest BCUT2D eigenvalue weighted by Crippen LogP contribution is -2.03. The fraction of sp³-hybridized carbons (Fsp3) is 0.154. The molecule has 0 atom stereocenters. The fourth-order valence-electron chi connectivity index (χ4n) is 1.45. The molecule has 0 aliphatic carbocycles. The normalized spacial score (nSPS) is 10.4. The number of halogens is 1. The van der Waals surface area contributed by atoms with E-state index in [0.717, 1.165) is 5.56 Å². The van der Waals surface area contributed by atoms with E-state index in [1.165, 1.54) is 23.9 Å². The van der Waals surface area contributed by atoms with Crippen molar-refractivity contribution in [1.82, 2.24) is 9.97 Å². The molecule has 0 amide bonds. The van der Waals surface area contributed by atoms with Crippen molar-refractivity contribution in [2.75, 3.05) is 0 Å². The van der Waals surface area contributed by atoms with Gasteiger partial charge in [0.05, 0.1) is 5.56 Å². The van der Waals surface area contributed by atoms with Crippen LogP contribution in [0.4, 0.5) is 4.39 Å². The van der Waals surface area contributed by atoms with E-state index in [2.05, 4.69) is 9.97 Å². The number of carbonyl (C=O) groups is 1. The van der Waals surface area contributed by atoms with E-state index in [1.54, 1.807) is 18.5 Å². The molecule has 0 aliphatic rings. The fourth-order valence-corrected chi connectivity index (χ4v) is 2.22. The van der Waals surface area contributed by atoms with Crippen molar-refractivity contribution >= 4 is 17.7 Å². The van der Waals surface area contributed by atoms with Gasteiger partial charge in [-0.25, -0.2) is 19.2 Å². The average Bonchev–Trinajstić information content (AvgIpc) is 2.39. The molecule has 6 heteroatoms. The van der Waals surface area contributed by atoms with E-state index in [4.69, 9.17) is 5.11 Å². The van der Waals surface area contributed by atoms with Crippen molar-refractivity contribution < 1.29 is 14.3 Å². The van der Waals surface area contributed by atoms with Gasteiger partial charge in [-0.3, -0.25) is 0 Å². The zero-order valence-electron chi connectivity index (χ0n) is 10.1.